The van der Waals surface area contributed by atoms with Crippen molar-refractivity contribution in [2.75, 3.05) is 0 Å². The van der Waals surface area contributed by atoms with E-state index in [4.69, 9.17) is 0 Å². The van der Waals surface area contributed by atoms with Gasteiger partial charge in [0, 0.05) is 0 Å². The number of rotatable bonds is 0. The van der Waals surface area contributed by atoms with Crippen molar-refractivity contribution in [3.8, 4) is 5.75 Å². The van der Waals surface area contributed by atoms with Gasteiger partial charge in [-0.15, -0.1) is 0 Å². The number of phenols is 1. The Hall–Kier alpha value is 0.656. The zero-order chi connectivity index (χ0) is 9.35. The summed E-state index contributed by atoms with van der Waals surface area (Å²) in [5.41, 5.74) is 2.23. The molecule has 1 nitrogen and oxygen atoms in total. The van der Waals surface area contributed by atoms with Crippen LogP contribution in [0.4, 0.5) is 0 Å². The molecule has 2 heteroatoms. The summed E-state index contributed by atoms with van der Waals surface area (Å²) in [6.07, 6.45) is 0. The minimum absolute atomic E-state index is 0. The maximum absolute atomic E-state index is 9.57. The van der Waals surface area contributed by atoms with Crippen LogP contribution in [-0.2, 0) is 5.41 Å². The second-order valence-corrected chi connectivity index (χ2v) is 4.27. The standard InChI is InChI=1S/C11H16O.K.H/c1-8-5-6-10(12)9(7-8)11(2,3)4;;/h5-7,12H,1-4H3;;. The molecular weight excluding hydrogens is 187 g/mol. The first-order valence-corrected chi connectivity index (χ1v) is 4.21. The quantitative estimate of drug-likeness (QED) is 0.643. The molecule has 0 unspecified atom stereocenters. The predicted molar refractivity (Wildman–Crippen MR) is 58.7 cm³/mol. The van der Waals surface area contributed by atoms with Crippen LogP contribution >= 0.6 is 0 Å². The Morgan fingerprint density at radius 2 is 1.69 bits per heavy atom. The second kappa shape index (κ2) is 4.94. The predicted octanol–water partition coefficient (Wildman–Crippen LogP) is 2.35. The molecule has 0 fully saturated rings. The van der Waals surface area contributed by atoms with E-state index in [-0.39, 0.29) is 56.8 Å². The van der Waals surface area contributed by atoms with Crippen LogP contribution in [0.2, 0.25) is 0 Å². The van der Waals surface area contributed by atoms with Crippen LogP contribution in [-0.4, -0.2) is 56.5 Å². The van der Waals surface area contributed by atoms with Gasteiger partial charge in [-0.3, -0.25) is 0 Å². The van der Waals surface area contributed by atoms with Gasteiger partial charge in [0.05, 0.1) is 0 Å². The molecule has 1 aromatic carbocycles. The van der Waals surface area contributed by atoms with Gasteiger partial charge >= 0.3 is 51.4 Å². The second-order valence-electron chi connectivity index (χ2n) is 4.27. The summed E-state index contributed by atoms with van der Waals surface area (Å²) in [6.45, 7) is 8.33. The topological polar surface area (TPSA) is 20.2 Å². The van der Waals surface area contributed by atoms with Gasteiger partial charge < -0.3 is 5.11 Å². The molecule has 0 saturated heterocycles. The molecule has 13 heavy (non-hydrogen) atoms. The molecule has 0 heterocycles. The molecular formula is C11H17KO. The van der Waals surface area contributed by atoms with Gasteiger partial charge in [0.15, 0.2) is 0 Å². The van der Waals surface area contributed by atoms with Crippen LogP contribution in [0.15, 0.2) is 18.2 Å². The summed E-state index contributed by atoms with van der Waals surface area (Å²) in [4.78, 5) is 0. The van der Waals surface area contributed by atoms with Crippen LogP contribution in [0.5, 0.6) is 5.75 Å². The number of aromatic hydroxyl groups is 1. The fourth-order valence-corrected chi connectivity index (χ4v) is 1.25. The Morgan fingerprint density at radius 1 is 1.15 bits per heavy atom. The Labute approximate surface area is 123 Å². The van der Waals surface area contributed by atoms with Crippen LogP contribution in [0.1, 0.15) is 31.9 Å². The Kier molecular flexibility index (Phi) is 5.19. The molecule has 0 aliphatic heterocycles. The number of hydrogen-bond donors (Lipinski definition) is 1. The van der Waals surface area contributed by atoms with Crippen molar-refractivity contribution in [3.05, 3.63) is 29.3 Å². The number of aryl methyl sites for hydroxylation is 1. The van der Waals surface area contributed by atoms with Crippen LogP contribution in [0.25, 0.3) is 0 Å². The summed E-state index contributed by atoms with van der Waals surface area (Å²) in [7, 11) is 0. The first kappa shape index (κ1) is 13.7. The molecule has 1 N–H and O–H groups in total. The Balaban J connectivity index is 0.00000144. The van der Waals surface area contributed by atoms with Crippen molar-refractivity contribution in [2.24, 2.45) is 0 Å². The number of hydrogen-bond acceptors (Lipinski definition) is 1. The molecule has 0 aromatic heterocycles. The van der Waals surface area contributed by atoms with Crippen molar-refractivity contribution >= 4 is 51.4 Å². The van der Waals surface area contributed by atoms with Gasteiger partial charge in [0.1, 0.15) is 5.75 Å². The third-order valence-electron chi connectivity index (χ3n) is 1.96. The van der Waals surface area contributed by atoms with Crippen molar-refractivity contribution < 1.29 is 5.11 Å². The summed E-state index contributed by atoms with van der Waals surface area (Å²) in [5.74, 6) is 0.396. The van der Waals surface area contributed by atoms with Gasteiger partial charge in [0.25, 0.3) is 0 Å². The molecule has 0 radical (unpaired) electrons. The average Bonchev–Trinajstić information content (AvgIpc) is 1.92. The SMILES string of the molecule is Cc1ccc(O)c(C(C)(C)C)c1.[KH]. The molecule has 68 valence electrons. The maximum atomic E-state index is 9.57. The van der Waals surface area contributed by atoms with Gasteiger partial charge in [-0.05, 0) is 24.0 Å². The zero-order valence-corrected chi connectivity index (χ0v) is 8.18. The molecule has 1 rings (SSSR count). The molecule has 0 saturated carbocycles. The molecule has 0 bridgehead atoms. The molecule has 0 aliphatic rings. The van der Waals surface area contributed by atoms with Gasteiger partial charge in [-0.1, -0.05) is 38.5 Å². The van der Waals surface area contributed by atoms with E-state index in [1.54, 1.807) is 6.07 Å². The number of benzene rings is 1. The van der Waals surface area contributed by atoms with E-state index in [1.165, 1.54) is 5.56 Å². The first-order valence-electron chi connectivity index (χ1n) is 4.21. The summed E-state index contributed by atoms with van der Waals surface area (Å²) in [5, 5.41) is 9.57. The fourth-order valence-electron chi connectivity index (χ4n) is 1.25. The van der Waals surface area contributed by atoms with Gasteiger partial charge in [0.2, 0.25) is 0 Å². The van der Waals surface area contributed by atoms with Crippen LogP contribution < -0.4 is 0 Å². The van der Waals surface area contributed by atoms with Crippen molar-refractivity contribution in [1.82, 2.24) is 0 Å². The molecule has 0 aliphatic carbocycles. The summed E-state index contributed by atoms with van der Waals surface area (Å²) >= 11 is 0. The Morgan fingerprint density at radius 3 is 2.08 bits per heavy atom. The van der Waals surface area contributed by atoms with E-state index in [2.05, 4.69) is 20.8 Å². The zero-order valence-electron chi connectivity index (χ0n) is 8.18. The van der Waals surface area contributed by atoms with Crippen LogP contribution in [0.3, 0.4) is 0 Å². The van der Waals surface area contributed by atoms with E-state index in [0.29, 0.717) is 5.75 Å². The number of phenolic OH excluding ortho intramolecular Hbond substituents is 1. The van der Waals surface area contributed by atoms with Gasteiger partial charge in [-0.2, -0.15) is 0 Å². The van der Waals surface area contributed by atoms with Gasteiger partial charge in [-0.25, -0.2) is 0 Å². The van der Waals surface area contributed by atoms with Crippen molar-refractivity contribution in [2.45, 2.75) is 33.1 Å². The average molecular weight is 204 g/mol. The minimum atomic E-state index is 0. The third kappa shape index (κ3) is 3.72. The van der Waals surface area contributed by atoms with Crippen molar-refractivity contribution in [1.29, 1.82) is 0 Å². The van der Waals surface area contributed by atoms with E-state index < -0.39 is 0 Å². The first-order chi connectivity index (χ1) is 5.41. The molecule has 0 atom stereocenters. The van der Waals surface area contributed by atoms with E-state index in [1.807, 2.05) is 19.1 Å². The normalized spacial score (nSPS) is 10.8. The molecule has 0 amide bonds. The monoisotopic (exact) mass is 204 g/mol. The summed E-state index contributed by atoms with van der Waals surface area (Å²) < 4.78 is 0. The van der Waals surface area contributed by atoms with E-state index >= 15 is 0 Å². The van der Waals surface area contributed by atoms with E-state index in [9.17, 15) is 5.11 Å². The van der Waals surface area contributed by atoms with Crippen LogP contribution in [0, 0.1) is 6.92 Å². The third-order valence-corrected chi connectivity index (χ3v) is 1.96. The molecule has 0 spiro atoms. The molecule has 1 aromatic rings. The summed E-state index contributed by atoms with van der Waals surface area (Å²) in [6, 6.07) is 5.72. The van der Waals surface area contributed by atoms with E-state index in [0.717, 1.165) is 5.56 Å². The van der Waals surface area contributed by atoms with Crippen molar-refractivity contribution in [3.63, 3.8) is 0 Å². The Bertz CT molecular complexity index is 287. The fraction of sp³-hybridized carbons (Fsp3) is 0.455.